The van der Waals surface area contributed by atoms with Gasteiger partial charge in [0.15, 0.2) is 0 Å². The van der Waals surface area contributed by atoms with E-state index >= 15 is 0 Å². The Bertz CT molecular complexity index is 294. The van der Waals surface area contributed by atoms with Gasteiger partial charge >= 0.3 is 0 Å². The topological polar surface area (TPSA) is 148 Å². The van der Waals surface area contributed by atoms with Crippen molar-refractivity contribution in [2.24, 2.45) is 5.11 Å². The molecule has 0 radical (unpaired) electrons. The lowest BCUT2D eigenvalue weighted by Crippen LogP contribution is -2.64. The lowest BCUT2D eigenvalue weighted by atomic mass is 9.97. The summed E-state index contributed by atoms with van der Waals surface area (Å²) in [6.45, 7) is -0.628. The largest absolute Gasteiger partial charge is 0.394 e. The highest BCUT2D eigenvalue weighted by molar-refractivity contribution is 4.95. The summed E-state index contributed by atoms with van der Waals surface area (Å²) >= 11 is 0. The highest BCUT2D eigenvalue weighted by atomic mass is 16.7. The number of hydrogen-bond acceptors (Lipinski definition) is 7. The summed E-state index contributed by atoms with van der Waals surface area (Å²) < 4.78 is 9.66. The first kappa shape index (κ1) is 13.1. The molecule has 0 aromatic carbocycles. The van der Waals surface area contributed by atoms with Gasteiger partial charge in [0.2, 0.25) is 0 Å². The first-order valence-electron chi connectivity index (χ1n) is 4.46. The molecule has 0 unspecified atom stereocenters. The molecular formula is C7H13N3O6. The van der Waals surface area contributed by atoms with Gasteiger partial charge in [-0.25, -0.2) is 0 Å². The van der Waals surface area contributed by atoms with Crippen LogP contribution in [0.1, 0.15) is 0 Å². The summed E-state index contributed by atoms with van der Waals surface area (Å²) in [7, 11) is 1.09. The molecule has 0 saturated carbocycles. The normalized spacial score (nSPS) is 43.8. The van der Waals surface area contributed by atoms with Gasteiger partial charge in [0.05, 0.1) is 6.61 Å². The van der Waals surface area contributed by atoms with Gasteiger partial charge in [0, 0.05) is 12.0 Å². The second-order valence-corrected chi connectivity index (χ2v) is 3.29. The number of methoxy groups -OCH3 is 1. The number of nitrogens with zero attached hydrogens (tertiary/aromatic N) is 3. The minimum atomic E-state index is -2.15. The second-order valence-electron chi connectivity index (χ2n) is 3.29. The highest BCUT2D eigenvalue weighted by Gasteiger charge is 2.53. The van der Waals surface area contributed by atoms with Crippen molar-refractivity contribution in [1.29, 1.82) is 0 Å². The van der Waals surface area contributed by atoms with Gasteiger partial charge in [0.1, 0.15) is 24.4 Å². The van der Waals surface area contributed by atoms with Crippen molar-refractivity contribution in [3.05, 3.63) is 10.4 Å². The average molecular weight is 235 g/mol. The van der Waals surface area contributed by atoms with Gasteiger partial charge < -0.3 is 29.9 Å². The van der Waals surface area contributed by atoms with Crippen LogP contribution < -0.4 is 0 Å². The molecule has 1 fully saturated rings. The first-order valence-corrected chi connectivity index (χ1v) is 4.46. The first-order chi connectivity index (χ1) is 7.52. The SMILES string of the molecule is CO[C@]1(N=[N+]=[N-])O[C@H](CO)[C@@H](O)[C@H](O)[C@H]1O. The predicted octanol–water partition coefficient (Wildman–Crippen LogP) is -1.93. The van der Waals surface area contributed by atoms with Crippen LogP contribution in [0.5, 0.6) is 0 Å². The lowest BCUT2D eigenvalue weighted by molar-refractivity contribution is -0.354. The Morgan fingerprint density at radius 2 is 2.06 bits per heavy atom. The third-order valence-corrected chi connectivity index (χ3v) is 2.40. The summed E-state index contributed by atoms with van der Waals surface area (Å²) in [5.74, 6) is -2.15. The summed E-state index contributed by atoms with van der Waals surface area (Å²) in [6, 6.07) is 0. The Morgan fingerprint density at radius 3 is 2.50 bits per heavy atom. The van der Waals surface area contributed by atoms with Crippen LogP contribution in [-0.4, -0.2) is 64.5 Å². The molecule has 1 aliphatic heterocycles. The van der Waals surface area contributed by atoms with Crippen molar-refractivity contribution in [3.63, 3.8) is 0 Å². The lowest BCUT2D eigenvalue weighted by Gasteiger charge is -2.44. The molecule has 1 saturated heterocycles. The molecule has 0 aliphatic carbocycles. The van der Waals surface area contributed by atoms with Crippen molar-refractivity contribution in [2.45, 2.75) is 30.3 Å². The molecule has 5 atom stereocenters. The van der Waals surface area contributed by atoms with Gasteiger partial charge in [-0.15, -0.1) is 0 Å². The Morgan fingerprint density at radius 1 is 1.44 bits per heavy atom. The third-order valence-electron chi connectivity index (χ3n) is 2.40. The molecule has 9 heteroatoms. The molecule has 92 valence electrons. The van der Waals surface area contributed by atoms with Gasteiger partial charge in [-0.3, -0.25) is 0 Å². The Kier molecular flexibility index (Phi) is 4.05. The monoisotopic (exact) mass is 235 g/mol. The Balaban J connectivity index is 3.05. The number of aliphatic hydroxyl groups is 4. The third kappa shape index (κ3) is 1.97. The Hall–Kier alpha value is -0.930. The van der Waals surface area contributed by atoms with Crippen molar-refractivity contribution in [1.82, 2.24) is 0 Å². The van der Waals surface area contributed by atoms with Crippen LogP contribution in [-0.2, 0) is 9.47 Å². The summed E-state index contributed by atoms with van der Waals surface area (Å²) in [4.78, 5) is 2.42. The van der Waals surface area contributed by atoms with Crippen LogP contribution in [0.2, 0.25) is 0 Å². The number of azide groups is 1. The van der Waals surface area contributed by atoms with Crippen molar-refractivity contribution < 1.29 is 29.9 Å². The number of ether oxygens (including phenoxy) is 2. The van der Waals surface area contributed by atoms with E-state index in [1.165, 1.54) is 0 Å². The molecule has 0 aromatic rings. The van der Waals surface area contributed by atoms with Crippen LogP contribution in [0.4, 0.5) is 0 Å². The molecule has 1 heterocycles. The van der Waals surface area contributed by atoms with Gasteiger partial charge in [-0.2, -0.15) is 0 Å². The maximum absolute atomic E-state index is 9.60. The fraction of sp³-hybridized carbons (Fsp3) is 1.00. The van der Waals surface area contributed by atoms with E-state index in [0.717, 1.165) is 7.11 Å². The molecule has 0 amide bonds. The molecule has 9 nitrogen and oxygen atoms in total. The minimum absolute atomic E-state index is 0.628. The molecule has 0 spiro atoms. The summed E-state index contributed by atoms with van der Waals surface area (Å²) in [5.41, 5.74) is 8.32. The van der Waals surface area contributed by atoms with E-state index in [1.54, 1.807) is 0 Å². The van der Waals surface area contributed by atoms with Crippen molar-refractivity contribution >= 4 is 0 Å². The fourth-order valence-corrected chi connectivity index (χ4v) is 1.48. The van der Waals surface area contributed by atoms with E-state index in [0.29, 0.717) is 0 Å². The molecule has 1 rings (SSSR count). The van der Waals surface area contributed by atoms with Gasteiger partial charge in [0.25, 0.3) is 5.91 Å². The molecular weight excluding hydrogens is 222 g/mol. The Labute approximate surface area is 90.5 Å². The zero-order valence-electron chi connectivity index (χ0n) is 8.46. The minimum Gasteiger partial charge on any atom is -0.394 e. The second kappa shape index (κ2) is 4.93. The zero-order valence-corrected chi connectivity index (χ0v) is 8.46. The smallest absolute Gasteiger partial charge is 0.279 e. The maximum atomic E-state index is 9.60. The van der Waals surface area contributed by atoms with Crippen LogP contribution in [0.3, 0.4) is 0 Å². The predicted molar refractivity (Wildman–Crippen MR) is 48.9 cm³/mol. The van der Waals surface area contributed by atoms with Crippen LogP contribution in [0, 0.1) is 0 Å². The van der Waals surface area contributed by atoms with E-state index in [4.69, 9.17) is 20.1 Å². The average Bonchev–Trinajstić information content (AvgIpc) is 2.30. The summed E-state index contributed by atoms with van der Waals surface area (Å²) in [5, 5.41) is 40.5. The molecule has 16 heavy (non-hydrogen) atoms. The van der Waals surface area contributed by atoms with E-state index in [-0.39, 0.29) is 0 Å². The standard InChI is InChI=1S/C7H13N3O6/c1-15-7(9-10-8)6(14)5(13)4(12)3(2-11)16-7/h3-6,11-14H,2H2,1H3/t3-,4-,5+,6-,7+/m1/s1. The van der Waals surface area contributed by atoms with E-state index in [1.807, 2.05) is 0 Å². The number of hydrogen-bond donors (Lipinski definition) is 4. The van der Waals surface area contributed by atoms with E-state index in [2.05, 4.69) is 10.0 Å². The highest BCUT2D eigenvalue weighted by Crippen LogP contribution is 2.31. The molecule has 1 aliphatic rings. The van der Waals surface area contributed by atoms with Crippen molar-refractivity contribution in [3.8, 4) is 0 Å². The van der Waals surface area contributed by atoms with Crippen LogP contribution >= 0.6 is 0 Å². The molecule has 4 N–H and O–H groups in total. The van der Waals surface area contributed by atoms with E-state index < -0.39 is 36.9 Å². The van der Waals surface area contributed by atoms with Crippen LogP contribution in [0.15, 0.2) is 5.11 Å². The number of rotatable bonds is 3. The fourth-order valence-electron chi connectivity index (χ4n) is 1.48. The van der Waals surface area contributed by atoms with E-state index in [9.17, 15) is 15.3 Å². The van der Waals surface area contributed by atoms with Crippen molar-refractivity contribution in [2.75, 3.05) is 13.7 Å². The van der Waals surface area contributed by atoms with Gasteiger partial charge in [-0.05, 0) is 10.6 Å². The van der Waals surface area contributed by atoms with Crippen LogP contribution in [0.25, 0.3) is 10.4 Å². The quantitative estimate of drug-likeness (QED) is 0.254. The number of aliphatic hydroxyl groups excluding tert-OH is 4. The maximum Gasteiger partial charge on any atom is 0.279 e. The summed E-state index contributed by atoms with van der Waals surface area (Å²) in [6.07, 6.45) is -6.14. The zero-order chi connectivity index (χ0) is 12.3. The molecule has 0 bridgehead atoms. The molecule has 0 aromatic heterocycles. The van der Waals surface area contributed by atoms with Gasteiger partial charge in [-0.1, -0.05) is 0 Å².